The van der Waals surface area contributed by atoms with Gasteiger partial charge in [-0.3, -0.25) is 0 Å². The normalized spacial score (nSPS) is 10.1. The molecule has 0 bridgehead atoms. The van der Waals surface area contributed by atoms with Crippen molar-refractivity contribution in [3.63, 3.8) is 0 Å². The Morgan fingerprint density at radius 3 is 2.63 bits per heavy atom. The van der Waals surface area contributed by atoms with Crippen LogP contribution in [0.25, 0.3) is 11.1 Å². The van der Waals surface area contributed by atoms with Crippen LogP contribution in [0.3, 0.4) is 0 Å². The smallest absolute Gasteiger partial charge is 0.535 e. The van der Waals surface area contributed by atoms with Gasteiger partial charge in [0.1, 0.15) is 11.6 Å². The Balaban J connectivity index is 2.52. The van der Waals surface area contributed by atoms with E-state index in [-0.39, 0.29) is 11.6 Å². The zero-order chi connectivity index (χ0) is 13.8. The van der Waals surface area contributed by atoms with E-state index in [1.807, 2.05) is 0 Å². The first kappa shape index (κ1) is 13.7. The third-order valence-electron chi connectivity index (χ3n) is 2.57. The fraction of sp³-hybridized carbons (Fsp3) is 0.0769. The third-order valence-corrected chi connectivity index (χ3v) is 2.88. The number of methoxy groups -OCH3 is 1. The molecule has 1 N–H and O–H groups in total. The molecule has 2 aromatic carbocycles. The minimum absolute atomic E-state index is 0.273. The Kier molecular flexibility index (Phi) is 4.29. The van der Waals surface area contributed by atoms with E-state index >= 15 is 0 Å². The van der Waals surface area contributed by atoms with Crippen molar-refractivity contribution in [2.45, 2.75) is 0 Å². The molecule has 0 spiro atoms. The SMILES string of the molecule is COc1cc(-c2cccc(F)c2)c(Cl)cc1O[B]O. The molecule has 1 radical (unpaired) electrons. The molecule has 3 nitrogen and oxygen atoms in total. The van der Waals surface area contributed by atoms with Gasteiger partial charge in [0.25, 0.3) is 0 Å². The minimum atomic E-state index is -0.350. The molecule has 0 aromatic heterocycles. The summed E-state index contributed by atoms with van der Waals surface area (Å²) in [6.07, 6.45) is 0. The van der Waals surface area contributed by atoms with Gasteiger partial charge in [-0.05, 0) is 23.8 Å². The summed E-state index contributed by atoms with van der Waals surface area (Å²) < 4.78 is 23.2. The summed E-state index contributed by atoms with van der Waals surface area (Å²) >= 11 is 6.13. The molecule has 97 valence electrons. The summed E-state index contributed by atoms with van der Waals surface area (Å²) in [7, 11) is 2.00. The molecule has 0 aliphatic carbocycles. The van der Waals surface area contributed by atoms with Crippen LogP contribution in [-0.2, 0) is 0 Å². The molecule has 0 fully saturated rings. The maximum absolute atomic E-state index is 13.2. The van der Waals surface area contributed by atoms with Crippen molar-refractivity contribution in [2.75, 3.05) is 7.11 Å². The van der Waals surface area contributed by atoms with E-state index < -0.39 is 0 Å². The van der Waals surface area contributed by atoms with Gasteiger partial charge in [0, 0.05) is 11.6 Å². The van der Waals surface area contributed by atoms with Gasteiger partial charge < -0.3 is 14.4 Å². The highest BCUT2D eigenvalue weighted by atomic mass is 35.5. The molecule has 0 unspecified atom stereocenters. The molecule has 2 aromatic rings. The van der Waals surface area contributed by atoms with Crippen LogP contribution in [-0.4, -0.2) is 19.8 Å². The quantitative estimate of drug-likeness (QED) is 0.874. The summed E-state index contributed by atoms with van der Waals surface area (Å²) in [4.78, 5) is 0. The van der Waals surface area contributed by atoms with E-state index in [9.17, 15) is 4.39 Å². The van der Waals surface area contributed by atoms with Crippen LogP contribution in [0.2, 0.25) is 5.02 Å². The predicted octanol–water partition coefficient (Wildman–Crippen LogP) is 3.06. The molecule has 0 amide bonds. The molecule has 0 atom stereocenters. The maximum atomic E-state index is 13.2. The fourth-order valence-electron chi connectivity index (χ4n) is 1.72. The van der Waals surface area contributed by atoms with Gasteiger partial charge in [-0.25, -0.2) is 4.39 Å². The average Bonchev–Trinajstić information content (AvgIpc) is 2.39. The van der Waals surface area contributed by atoms with Gasteiger partial charge in [-0.1, -0.05) is 23.7 Å². The molecule has 0 saturated carbocycles. The lowest BCUT2D eigenvalue weighted by molar-refractivity contribution is 0.382. The highest BCUT2D eigenvalue weighted by Crippen LogP contribution is 2.38. The first-order valence-electron chi connectivity index (χ1n) is 5.41. The Labute approximate surface area is 115 Å². The number of halogens is 2. The Bertz CT molecular complexity index is 592. The van der Waals surface area contributed by atoms with E-state index in [1.165, 1.54) is 25.3 Å². The van der Waals surface area contributed by atoms with Gasteiger partial charge in [0.2, 0.25) is 0 Å². The van der Waals surface area contributed by atoms with Crippen molar-refractivity contribution in [1.29, 1.82) is 0 Å². The van der Waals surface area contributed by atoms with Crippen LogP contribution in [0.15, 0.2) is 36.4 Å². The second-order valence-corrected chi connectivity index (χ2v) is 4.12. The molecule has 0 aliphatic heterocycles. The zero-order valence-corrected chi connectivity index (χ0v) is 10.8. The number of rotatable bonds is 4. The molecule has 0 heterocycles. The van der Waals surface area contributed by atoms with Crippen molar-refractivity contribution in [2.24, 2.45) is 0 Å². The van der Waals surface area contributed by atoms with E-state index in [2.05, 4.69) is 0 Å². The Morgan fingerprint density at radius 1 is 1.21 bits per heavy atom. The van der Waals surface area contributed by atoms with E-state index in [4.69, 9.17) is 26.0 Å². The highest BCUT2D eigenvalue weighted by Gasteiger charge is 2.12. The van der Waals surface area contributed by atoms with Gasteiger partial charge in [-0.2, -0.15) is 0 Å². The van der Waals surface area contributed by atoms with Crippen molar-refractivity contribution in [3.05, 3.63) is 47.2 Å². The number of ether oxygens (including phenoxy) is 1. The number of hydrogen-bond acceptors (Lipinski definition) is 3. The lowest BCUT2D eigenvalue weighted by atomic mass is 10.0. The fourth-order valence-corrected chi connectivity index (χ4v) is 1.98. The zero-order valence-electron chi connectivity index (χ0n) is 10.1. The number of benzene rings is 2. The Hall–Kier alpha value is -1.72. The highest BCUT2D eigenvalue weighted by molar-refractivity contribution is 6.33. The molecular weight excluding hydrogens is 269 g/mol. The molecular formula is C13H10BClFO3. The first-order chi connectivity index (χ1) is 9.15. The van der Waals surface area contributed by atoms with Crippen LogP contribution in [0.5, 0.6) is 11.5 Å². The summed E-state index contributed by atoms with van der Waals surface area (Å²) in [5.74, 6) is 0.306. The standard InChI is InChI=1S/C13H10BClFO3/c1-18-12-6-10(8-3-2-4-9(16)5-8)11(15)7-13(12)19-14-17/h2-7,17H,1H3. The van der Waals surface area contributed by atoms with Crippen molar-refractivity contribution < 1.29 is 18.8 Å². The van der Waals surface area contributed by atoms with Gasteiger partial charge in [0.05, 0.1) is 12.1 Å². The van der Waals surface area contributed by atoms with Crippen molar-refractivity contribution >= 4 is 19.3 Å². The predicted molar refractivity (Wildman–Crippen MR) is 72.0 cm³/mol. The van der Waals surface area contributed by atoms with E-state index in [1.54, 1.807) is 18.2 Å². The largest absolute Gasteiger partial charge is 0.569 e. The van der Waals surface area contributed by atoms with Crippen LogP contribution >= 0.6 is 11.6 Å². The average molecular weight is 279 g/mol. The topological polar surface area (TPSA) is 38.7 Å². The second kappa shape index (κ2) is 5.95. The molecule has 19 heavy (non-hydrogen) atoms. The van der Waals surface area contributed by atoms with Gasteiger partial charge >= 0.3 is 7.69 Å². The van der Waals surface area contributed by atoms with Crippen LogP contribution in [0.4, 0.5) is 4.39 Å². The summed E-state index contributed by atoms with van der Waals surface area (Å²) in [5.41, 5.74) is 1.24. The maximum Gasteiger partial charge on any atom is 0.569 e. The van der Waals surface area contributed by atoms with E-state index in [0.717, 1.165) is 0 Å². The molecule has 0 saturated heterocycles. The Morgan fingerprint density at radius 2 is 2.00 bits per heavy atom. The summed E-state index contributed by atoms with van der Waals surface area (Å²) in [6.45, 7) is 0. The summed E-state index contributed by atoms with van der Waals surface area (Å²) in [6, 6.07) is 9.18. The third kappa shape index (κ3) is 3.00. The van der Waals surface area contributed by atoms with E-state index in [0.29, 0.717) is 29.6 Å². The lowest BCUT2D eigenvalue weighted by Crippen LogP contribution is -2.02. The van der Waals surface area contributed by atoms with Crippen LogP contribution in [0.1, 0.15) is 0 Å². The van der Waals surface area contributed by atoms with Crippen LogP contribution in [0, 0.1) is 5.82 Å². The lowest BCUT2D eigenvalue weighted by Gasteiger charge is -2.12. The molecule has 0 aliphatic rings. The number of hydrogen-bond donors (Lipinski definition) is 1. The van der Waals surface area contributed by atoms with Gasteiger partial charge in [0.15, 0.2) is 5.75 Å². The summed E-state index contributed by atoms with van der Waals surface area (Å²) in [5, 5.41) is 9.02. The minimum Gasteiger partial charge on any atom is -0.535 e. The van der Waals surface area contributed by atoms with Crippen LogP contribution < -0.4 is 9.39 Å². The molecule has 2 rings (SSSR count). The monoisotopic (exact) mass is 279 g/mol. The van der Waals surface area contributed by atoms with Gasteiger partial charge in [-0.15, -0.1) is 0 Å². The first-order valence-corrected chi connectivity index (χ1v) is 5.79. The second-order valence-electron chi connectivity index (χ2n) is 3.72. The van der Waals surface area contributed by atoms with Crippen molar-refractivity contribution in [1.82, 2.24) is 0 Å². The van der Waals surface area contributed by atoms with Crippen molar-refractivity contribution in [3.8, 4) is 22.6 Å². The molecule has 6 heteroatoms.